The van der Waals surface area contributed by atoms with Gasteiger partial charge in [0.05, 0.1) is 6.10 Å². The molecule has 2 unspecified atom stereocenters. The van der Waals surface area contributed by atoms with Gasteiger partial charge in [0, 0.05) is 12.6 Å². The van der Waals surface area contributed by atoms with Gasteiger partial charge in [-0.15, -0.1) is 0 Å². The summed E-state index contributed by atoms with van der Waals surface area (Å²) in [6.45, 7) is 8.91. The van der Waals surface area contributed by atoms with E-state index in [2.05, 4.69) is 26.1 Å². The summed E-state index contributed by atoms with van der Waals surface area (Å²) < 4.78 is 5.66. The van der Waals surface area contributed by atoms with Gasteiger partial charge in [0.15, 0.2) is 0 Å². The maximum Gasteiger partial charge on any atom is 0.0576 e. The van der Waals surface area contributed by atoms with E-state index in [0.717, 1.165) is 19.1 Å². The van der Waals surface area contributed by atoms with Crippen LogP contribution in [0.15, 0.2) is 0 Å². The molecular weight excluding hydrogens is 198 g/mol. The first-order chi connectivity index (χ1) is 7.72. The average molecular weight is 227 g/mol. The third-order valence-corrected chi connectivity index (χ3v) is 3.35. The van der Waals surface area contributed by atoms with Gasteiger partial charge in [-0.2, -0.15) is 0 Å². The molecule has 16 heavy (non-hydrogen) atoms. The molecule has 1 N–H and O–H groups in total. The van der Waals surface area contributed by atoms with Gasteiger partial charge in [-0.3, -0.25) is 0 Å². The van der Waals surface area contributed by atoms with Crippen LogP contribution >= 0.6 is 0 Å². The summed E-state index contributed by atoms with van der Waals surface area (Å²) >= 11 is 0. The van der Waals surface area contributed by atoms with E-state index >= 15 is 0 Å². The first-order valence-electron chi connectivity index (χ1n) is 7.07. The van der Waals surface area contributed by atoms with Crippen molar-refractivity contribution in [3.8, 4) is 0 Å². The fourth-order valence-corrected chi connectivity index (χ4v) is 2.62. The van der Waals surface area contributed by atoms with E-state index in [-0.39, 0.29) is 0 Å². The number of rotatable bonds is 8. The van der Waals surface area contributed by atoms with E-state index < -0.39 is 0 Å². The standard InChI is InChI=1S/C14H29NO/c1-4-15-13(11-12(2)3)7-5-8-14-9-6-10-16-14/h12-15H,4-11H2,1-3H3. The molecule has 0 aliphatic carbocycles. The Labute approximate surface area is 101 Å². The largest absolute Gasteiger partial charge is 0.378 e. The van der Waals surface area contributed by atoms with E-state index in [1.54, 1.807) is 0 Å². The molecular formula is C14H29NO. The zero-order valence-electron chi connectivity index (χ0n) is 11.3. The van der Waals surface area contributed by atoms with Gasteiger partial charge in [-0.25, -0.2) is 0 Å². The van der Waals surface area contributed by atoms with Crippen molar-refractivity contribution in [3.05, 3.63) is 0 Å². The van der Waals surface area contributed by atoms with Crippen LogP contribution in [0.2, 0.25) is 0 Å². The summed E-state index contributed by atoms with van der Waals surface area (Å²) in [4.78, 5) is 0. The Morgan fingerprint density at radius 2 is 2.19 bits per heavy atom. The lowest BCUT2D eigenvalue weighted by Crippen LogP contribution is -2.30. The molecule has 1 aliphatic rings. The Hall–Kier alpha value is -0.0800. The first-order valence-corrected chi connectivity index (χ1v) is 7.07. The van der Waals surface area contributed by atoms with Crippen LogP contribution in [0.3, 0.4) is 0 Å². The molecule has 2 nitrogen and oxygen atoms in total. The SMILES string of the molecule is CCNC(CCCC1CCCO1)CC(C)C. The van der Waals surface area contributed by atoms with Gasteiger partial charge in [0.1, 0.15) is 0 Å². The number of nitrogens with one attached hydrogen (secondary N) is 1. The fourth-order valence-electron chi connectivity index (χ4n) is 2.62. The number of hydrogen-bond donors (Lipinski definition) is 1. The van der Waals surface area contributed by atoms with Gasteiger partial charge in [0.25, 0.3) is 0 Å². The fraction of sp³-hybridized carbons (Fsp3) is 1.00. The molecule has 0 aromatic heterocycles. The minimum Gasteiger partial charge on any atom is -0.378 e. The smallest absolute Gasteiger partial charge is 0.0576 e. The lowest BCUT2D eigenvalue weighted by atomic mass is 9.97. The highest BCUT2D eigenvalue weighted by Crippen LogP contribution is 2.19. The molecule has 96 valence electrons. The maximum absolute atomic E-state index is 5.66. The predicted octanol–water partition coefficient (Wildman–Crippen LogP) is 3.36. The Kier molecular flexibility index (Phi) is 7.06. The normalized spacial score (nSPS) is 22.9. The molecule has 0 radical (unpaired) electrons. The van der Waals surface area contributed by atoms with Crippen LogP contribution in [0.5, 0.6) is 0 Å². The zero-order chi connectivity index (χ0) is 11.8. The predicted molar refractivity (Wildman–Crippen MR) is 69.7 cm³/mol. The second-order valence-corrected chi connectivity index (χ2v) is 5.45. The molecule has 1 rings (SSSR count). The Balaban J connectivity index is 2.10. The van der Waals surface area contributed by atoms with Crippen molar-refractivity contribution in [3.63, 3.8) is 0 Å². The van der Waals surface area contributed by atoms with Gasteiger partial charge < -0.3 is 10.1 Å². The molecule has 1 aliphatic heterocycles. The molecule has 1 fully saturated rings. The molecule has 2 atom stereocenters. The molecule has 0 aromatic rings. The maximum atomic E-state index is 5.66. The number of hydrogen-bond acceptors (Lipinski definition) is 2. The molecule has 0 saturated carbocycles. The third-order valence-electron chi connectivity index (χ3n) is 3.35. The molecule has 0 spiro atoms. The van der Waals surface area contributed by atoms with Crippen LogP contribution < -0.4 is 5.32 Å². The van der Waals surface area contributed by atoms with Crippen molar-refractivity contribution >= 4 is 0 Å². The Bertz CT molecular complexity index is 164. The molecule has 2 heteroatoms. The highest BCUT2D eigenvalue weighted by Gasteiger charge is 2.16. The van der Waals surface area contributed by atoms with Gasteiger partial charge in [0.2, 0.25) is 0 Å². The molecule has 0 aromatic carbocycles. The Morgan fingerprint density at radius 1 is 1.38 bits per heavy atom. The summed E-state index contributed by atoms with van der Waals surface area (Å²) in [7, 11) is 0. The summed E-state index contributed by atoms with van der Waals surface area (Å²) in [6, 6.07) is 0.714. The molecule has 0 bridgehead atoms. The lowest BCUT2D eigenvalue weighted by Gasteiger charge is -2.20. The lowest BCUT2D eigenvalue weighted by molar-refractivity contribution is 0.101. The van der Waals surface area contributed by atoms with Crippen molar-refractivity contribution in [1.29, 1.82) is 0 Å². The van der Waals surface area contributed by atoms with Crippen molar-refractivity contribution in [2.24, 2.45) is 5.92 Å². The van der Waals surface area contributed by atoms with Gasteiger partial charge in [-0.05, 0) is 51.0 Å². The molecule has 0 amide bonds. The second-order valence-electron chi connectivity index (χ2n) is 5.45. The minimum atomic E-state index is 0.571. The van der Waals surface area contributed by atoms with Crippen molar-refractivity contribution in [2.45, 2.75) is 71.4 Å². The van der Waals surface area contributed by atoms with Crippen molar-refractivity contribution in [1.82, 2.24) is 5.32 Å². The van der Waals surface area contributed by atoms with Crippen LogP contribution in [0, 0.1) is 5.92 Å². The monoisotopic (exact) mass is 227 g/mol. The zero-order valence-corrected chi connectivity index (χ0v) is 11.3. The average Bonchev–Trinajstić information content (AvgIpc) is 2.70. The van der Waals surface area contributed by atoms with Gasteiger partial charge in [-0.1, -0.05) is 20.8 Å². The topological polar surface area (TPSA) is 21.3 Å². The van der Waals surface area contributed by atoms with Crippen LogP contribution in [0.1, 0.15) is 59.3 Å². The van der Waals surface area contributed by atoms with E-state index in [1.807, 2.05) is 0 Å². The highest BCUT2D eigenvalue weighted by atomic mass is 16.5. The van der Waals surface area contributed by atoms with Crippen LogP contribution in [-0.2, 0) is 4.74 Å². The van der Waals surface area contributed by atoms with Crippen LogP contribution in [0.25, 0.3) is 0 Å². The van der Waals surface area contributed by atoms with Crippen molar-refractivity contribution in [2.75, 3.05) is 13.2 Å². The summed E-state index contributed by atoms with van der Waals surface area (Å²) in [5, 5.41) is 3.60. The Morgan fingerprint density at radius 3 is 2.75 bits per heavy atom. The van der Waals surface area contributed by atoms with Gasteiger partial charge >= 0.3 is 0 Å². The number of ether oxygens (including phenoxy) is 1. The van der Waals surface area contributed by atoms with E-state index in [1.165, 1.54) is 38.5 Å². The molecule has 1 heterocycles. The third kappa shape index (κ3) is 5.86. The quantitative estimate of drug-likeness (QED) is 0.686. The molecule has 1 saturated heterocycles. The second kappa shape index (κ2) is 8.08. The highest BCUT2D eigenvalue weighted by molar-refractivity contribution is 4.71. The summed E-state index contributed by atoms with van der Waals surface area (Å²) in [5.41, 5.74) is 0. The van der Waals surface area contributed by atoms with Crippen LogP contribution in [0.4, 0.5) is 0 Å². The summed E-state index contributed by atoms with van der Waals surface area (Å²) in [5.74, 6) is 0.798. The minimum absolute atomic E-state index is 0.571. The van der Waals surface area contributed by atoms with Crippen LogP contribution in [-0.4, -0.2) is 25.3 Å². The van der Waals surface area contributed by atoms with E-state index in [4.69, 9.17) is 4.74 Å². The first kappa shape index (κ1) is 14.0. The summed E-state index contributed by atoms with van der Waals surface area (Å²) in [6.07, 6.45) is 8.32. The van der Waals surface area contributed by atoms with E-state index in [0.29, 0.717) is 12.1 Å². The van der Waals surface area contributed by atoms with E-state index in [9.17, 15) is 0 Å². The van der Waals surface area contributed by atoms with Crippen molar-refractivity contribution < 1.29 is 4.74 Å².